The Balaban J connectivity index is 1.65. The molecule has 1 atom stereocenters. The fourth-order valence-electron chi connectivity index (χ4n) is 3.19. The van der Waals surface area contributed by atoms with Crippen LogP contribution in [0.15, 0.2) is 35.5 Å². The zero-order valence-electron chi connectivity index (χ0n) is 14.1. The molecule has 1 amide bonds. The van der Waals surface area contributed by atoms with Crippen LogP contribution in [0.25, 0.3) is 0 Å². The number of pyridine rings is 1. The molecule has 26 heavy (non-hydrogen) atoms. The Bertz CT molecular complexity index is 933. The second-order valence-corrected chi connectivity index (χ2v) is 7.78. The first-order chi connectivity index (χ1) is 12.5. The number of ether oxygens (including phenoxy) is 1. The minimum absolute atomic E-state index is 0.194. The van der Waals surface area contributed by atoms with Gasteiger partial charge in [0.1, 0.15) is 17.0 Å². The summed E-state index contributed by atoms with van der Waals surface area (Å²) in [6.45, 7) is 2.47. The van der Waals surface area contributed by atoms with E-state index in [2.05, 4.69) is 15.3 Å². The number of nitrogens with zero attached hydrogens (tertiary/aromatic N) is 2. The van der Waals surface area contributed by atoms with Crippen molar-refractivity contribution in [3.63, 3.8) is 0 Å². The Morgan fingerprint density at radius 3 is 3.00 bits per heavy atom. The van der Waals surface area contributed by atoms with E-state index < -0.39 is 0 Å². The van der Waals surface area contributed by atoms with Crippen molar-refractivity contribution in [1.29, 1.82) is 0 Å². The number of benzene rings is 1. The summed E-state index contributed by atoms with van der Waals surface area (Å²) in [5.74, 6) is 1.20. The van der Waals surface area contributed by atoms with E-state index in [1.165, 1.54) is 0 Å². The average Bonchev–Trinajstić information content (AvgIpc) is 2.97. The lowest BCUT2D eigenvalue weighted by atomic mass is 9.86. The lowest BCUT2D eigenvalue weighted by Gasteiger charge is -2.32. The summed E-state index contributed by atoms with van der Waals surface area (Å²) in [5, 5.41) is 3.77. The third kappa shape index (κ3) is 3.01. The molecule has 4 rings (SSSR count). The molecule has 6 nitrogen and oxygen atoms in total. The standard InChI is InChI=1S/C18H17ClN4O2S/c1-10-6-13(19)15(21-8-10)16(24)22-11-2-3-14-12(7-11)18(4-5-25-14)9-26-17(20)23-18/h2-3,6-8H,4-5,9H2,1H3,(H2,20,23)(H,22,24). The van der Waals surface area contributed by atoms with Gasteiger partial charge in [0.05, 0.1) is 11.6 Å². The molecule has 1 spiro atoms. The summed E-state index contributed by atoms with van der Waals surface area (Å²) in [6, 6.07) is 7.27. The van der Waals surface area contributed by atoms with Crippen LogP contribution in [0.2, 0.25) is 5.02 Å². The number of aryl methyl sites for hydroxylation is 1. The first-order valence-corrected chi connectivity index (χ1v) is 9.52. The summed E-state index contributed by atoms with van der Waals surface area (Å²) in [7, 11) is 0. The number of halogens is 1. The maximum atomic E-state index is 12.5. The first kappa shape index (κ1) is 17.2. The third-order valence-electron chi connectivity index (χ3n) is 4.49. The largest absolute Gasteiger partial charge is 0.493 e. The summed E-state index contributed by atoms with van der Waals surface area (Å²) in [6.07, 6.45) is 2.38. The van der Waals surface area contributed by atoms with Gasteiger partial charge in [-0.25, -0.2) is 4.98 Å². The minimum atomic E-state index is -0.386. The van der Waals surface area contributed by atoms with Crippen molar-refractivity contribution < 1.29 is 9.53 Å². The topological polar surface area (TPSA) is 89.6 Å². The maximum Gasteiger partial charge on any atom is 0.275 e. The number of hydrogen-bond acceptors (Lipinski definition) is 6. The number of amidine groups is 1. The number of aliphatic imine (C=N–C) groups is 1. The Labute approximate surface area is 160 Å². The number of nitrogens with one attached hydrogen (secondary N) is 1. The number of nitrogens with two attached hydrogens (primary N) is 1. The summed E-state index contributed by atoms with van der Waals surface area (Å²) < 4.78 is 5.76. The number of thioether (sulfide) groups is 1. The van der Waals surface area contributed by atoms with Gasteiger partial charge in [0.2, 0.25) is 0 Å². The quantitative estimate of drug-likeness (QED) is 0.823. The molecule has 2 aliphatic heterocycles. The van der Waals surface area contributed by atoms with E-state index in [1.54, 1.807) is 30.1 Å². The normalized spacial score (nSPS) is 21.1. The predicted octanol–water partition coefficient (Wildman–Crippen LogP) is 3.34. The number of anilines is 1. The Hall–Kier alpha value is -2.25. The lowest BCUT2D eigenvalue weighted by molar-refractivity contribution is 0.102. The lowest BCUT2D eigenvalue weighted by Crippen LogP contribution is -2.32. The molecule has 0 saturated heterocycles. The van der Waals surface area contributed by atoms with Crippen LogP contribution in [0.1, 0.15) is 28.0 Å². The van der Waals surface area contributed by atoms with Gasteiger partial charge < -0.3 is 15.8 Å². The molecule has 8 heteroatoms. The van der Waals surface area contributed by atoms with Crippen LogP contribution in [0.4, 0.5) is 5.69 Å². The van der Waals surface area contributed by atoms with Gasteiger partial charge in [0, 0.05) is 29.6 Å². The van der Waals surface area contributed by atoms with Gasteiger partial charge in [-0.3, -0.25) is 9.79 Å². The molecule has 3 N–H and O–H groups in total. The van der Waals surface area contributed by atoms with Crippen LogP contribution in [0, 0.1) is 6.92 Å². The molecule has 0 radical (unpaired) electrons. The predicted molar refractivity (Wildman–Crippen MR) is 104 cm³/mol. The van der Waals surface area contributed by atoms with E-state index in [-0.39, 0.29) is 17.1 Å². The van der Waals surface area contributed by atoms with Crippen molar-refractivity contribution in [1.82, 2.24) is 4.98 Å². The molecule has 134 valence electrons. The molecule has 1 unspecified atom stereocenters. The van der Waals surface area contributed by atoms with Gasteiger partial charge in [-0.05, 0) is 36.8 Å². The van der Waals surface area contributed by atoms with Crippen LogP contribution < -0.4 is 15.8 Å². The second kappa shape index (κ2) is 6.48. The maximum absolute atomic E-state index is 12.5. The number of carbonyl (C=O) groups excluding carboxylic acids is 1. The highest BCUT2D eigenvalue weighted by molar-refractivity contribution is 8.14. The van der Waals surface area contributed by atoms with Gasteiger partial charge in [-0.15, -0.1) is 0 Å². The van der Waals surface area contributed by atoms with Crippen LogP contribution in [-0.2, 0) is 5.54 Å². The van der Waals surface area contributed by atoms with E-state index in [4.69, 9.17) is 22.1 Å². The van der Waals surface area contributed by atoms with Crippen molar-refractivity contribution in [2.75, 3.05) is 17.7 Å². The molecule has 0 bridgehead atoms. The van der Waals surface area contributed by atoms with Crippen LogP contribution in [0.5, 0.6) is 5.75 Å². The highest BCUT2D eigenvalue weighted by atomic mass is 35.5. The minimum Gasteiger partial charge on any atom is -0.493 e. The monoisotopic (exact) mass is 388 g/mol. The smallest absolute Gasteiger partial charge is 0.275 e. The molecule has 1 aromatic heterocycles. The van der Waals surface area contributed by atoms with Gasteiger partial charge in [-0.1, -0.05) is 23.4 Å². The van der Waals surface area contributed by atoms with Gasteiger partial charge in [0.15, 0.2) is 5.17 Å². The summed E-state index contributed by atoms with van der Waals surface area (Å²) in [4.78, 5) is 21.3. The Morgan fingerprint density at radius 2 is 2.27 bits per heavy atom. The number of fused-ring (bicyclic) bond motifs is 2. The molecule has 2 aromatic rings. The van der Waals surface area contributed by atoms with E-state index in [0.29, 0.717) is 22.5 Å². The van der Waals surface area contributed by atoms with Crippen molar-refractivity contribution >= 4 is 40.1 Å². The Morgan fingerprint density at radius 1 is 1.42 bits per heavy atom. The third-order valence-corrected chi connectivity index (χ3v) is 5.79. The van der Waals surface area contributed by atoms with Crippen molar-refractivity contribution in [3.05, 3.63) is 52.3 Å². The number of amides is 1. The van der Waals surface area contributed by atoms with Crippen LogP contribution >= 0.6 is 23.4 Å². The van der Waals surface area contributed by atoms with E-state index in [0.717, 1.165) is 29.1 Å². The highest BCUT2D eigenvalue weighted by Crippen LogP contribution is 2.46. The molecular formula is C18H17ClN4O2S. The van der Waals surface area contributed by atoms with Crippen molar-refractivity contribution in [2.24, 2.45) is 10.7 Å². The fourth-order valence-corrected chi connectivity index (χ4v) is 4.48. The van der Waals surface area contributed by atoms with Gasteiger partial charge in [0.25, 0.3) is 5.91 Å². The van der Waals surface area contributed by atoms with Crippen molar-refractivity contribution in [3.8, 4) is 5.75 Å². The van der Waals surface area contributed by atoms with Gasteiger partial charge >= 0.3 is 0 Å². The molecular weight excluding hydrogens is 372 g/mol. The highest BCUT2D eigenvalue weighted by Gasteiger charge is 2.41. The number of aromatic nitrogens is 1. The van der Waals surface area contributed by atoms with Crippen LogP contribution in [0.3, 0.4) is 0 Å². The SMILES string of the molecule is Cc1cnc(C(=O)Nc2ccc3c(c2)C2(CCO3)CSC(N)=N2)c(Cl)c1. The summed E-state index contributed by atoms with van der Waals surface area (Å²) in [5.41, 5.74) is 8.19. The zero-order chi connectivity index (χ0) is 18.3. The van der Waals surface area contributed by atoms with Crippen molar-refractivity contribution in [2.45, 2.75) is 18.9 Å². The number of rotatable bonds is 2. The first-order valence-electron chi connectivity index (χ1n) is 8.16. The molecule has 0 saturated carbocycles. The molecule has 1 aromatic carbocycles. The van der Waals surface area contributed by atoms with Gasteiger partial charge in [-0.2, -0.15) is 0 Å². The average molecular weight is 389 g/mol. The van der Waals surface area contributed by atoms with Crippen LogP contribution in [-0.4, -0.2) is 28.4 Å². The Kier molecular flexibility index (Phi) is 4.28. The number of hydrogen-bond donors (Lipinski definition) is 2. The molecule has 3 heterocycles. The second-order valence-electron chi connectivity index (χ2n) is 6.38. The zero-order valence-corrected chi connectivity index (χ0v) is 15.7. The summed E-state index contributed by atoms with van der Waals surface area (Å²) >= 11 is 7.69. The molecule has 0 fully saturated rings. The van der Waals surface area contributed by atoms with E-state index in [1.807, 2.05) is 19.1 Å². The van der Waals surface area contributed by atoms with E-state index >= 15 is 0 Å². The molecule has 0 aliphatic carbocycles. The molecule has 2 aliphatic rings. The van der Waals surface area contributed by atoms with E-state index in [9.17, 15) is 4.79 Å². The number of carbonyl (C=O) groups is 1. The fraction of sp³-hybridized carbons (Fsp3) is 0.278.